The van der Waals surface area contributed by atoms with Gasteiger partial charge in [0, 0.05) is 19.2 Å². The minimum atomic E-state index is -0.291. The van der Waals surface area contributed by atoms with E-state index in [1.807, 2.05) is 6.92 Å². The molecule has 0 saturated heterocycles. The van der Waals surface area contributed by atoms with Gasteiger partial charge in [-0.05, 0) is 13.0 Å². The van der Waals surface area contributed by atoms with E-state index >= 15 is 0 Å². The van der Waals surface area contributed by atoms with Crippen LogP contribution >= 0.6 is 11.6 Å². The average Bonchev–Trinajstić information content (AvgIpc) is 2.79. The second-order valence-electron chi connectivity index (χ2n) is 4.44. The molecule has 0 aliphatic heterocycles. The van der Waals surface area contributed by atoms with E-state index in [0.717, 1.165) is 5.69 Å². The molecule has 0 aliphatic carbocycles. The van der Waals surface area contributed by atoms with Crippen molar-refractivity contribution in [1.82, 2.24) is 9.78 Å². The number of hydrogen-bond acceptors (Lipinski definition) is 4. The Morgan fingerprint density at radius 2 is 1.90 bits per heavy atom. The molecule has 1 N–H and O–H groups in total. The second kappa shape index (κ2) is 6.05. The van der Waals surface area contributed by atoms with Crippen molar-refractivity contribution in [2.75, 3.05) is 19.5 Å². The maximum Gasteiger partial charge on any atom is 0.274 e. The lowest BCUT2D eigenvalue weighted by atomic mass is 10.2. The Kier molecular flexibility index (Phi) is 4.37. The second-order valence-corrected chi connectivity index (χ2v) is 4.84. The highest BCUT2D eigenvalue weighted by atomic mass is 35.5. The van der Waals surface area contributed by atoms with Gasteiger partial charge in [0.25, 0.3) is 5.91 Å². The molecule has 1 aromatic heterocycles. The Balaban J connectivity index is 2.34. The van der Waals surface area contributed by atoms with Crippen LogP contribution < -0.4 is 14.8 Å². The number of aromatic nitrogens is 2. The van der Waals surface area contributed by atoms with Crippen molar-refractivity contribution in [2.24, 2.45) is 7.05 Å². The summed E-state index contributed by atoms with van der Waals surface area (Å²) in [7, 11) is 4.72. The minimum absolute atomic E-state index is 0.291. The molecule has 0 atom stereocenters. The number of hydrogen-bond donors (Lipinski definition) is 1. The SMILES string of the molecule is COc1cc(NC(=O)c2cc(C)nn2C)c(OC)cc1Cl. The van der Waals surface area contributed by atoms with Gasteiger partial charge in [-0.15, -0.1) is 0 Å². The standard InChI is InChI=1S/C14H16ClN3O3/c1-8-5-11(18(2)17-8)14(19)16-10-7-12(20-3)9(15)6-13(10)21-4/h5-7H,1-4H3,(H,16,19). The van der Waals surface area contributed by atoms with E-state index in [2.05, 4.69) is 10.4 Å². The molecule has 0 spiro atoms. The van der Waals surface area contributed by atoms with Gasteiger partial charge in [-0.1, -0.05) is 11.6 Å². The van der Waals surface area contributed by atoms with E-state index in [-0.39, 0.29) is 5.91 Å². The van der Waals surface area contributed by atoms with E-state index in [0.29, 0.717) is 27.9 Å². The third-order valence-corrected chi connectivity index (χ3v) is 3.25. The van der Waals surface area contributed by atoms with Crippen LogP contribution in [-0.4, -0.2) is 29.9 Å². The normalized spacial score (nSPS) is 10.3. The first-order chi connectivity index (χ1) is 9.96. The zero-order valence-electron chi connectivity index (χ0n) is 12.2. The monoisotopic (exact) mass is 309 g/mol. The van der Waals surface area contributed by atoms with Crippen LogP contribution in [0.4, 0.5) is 5.69 Å². The first kappa shape index (κ1) is 15.2. The van der Waals surface area contributed by atoms with Gasteiger partial charge in [-0.2, -0.15) is 5.10 Å². The van der Waals surface area contributed by atoms with Gasteiger partial charge < -0.3 is 14.8 Å². The predicted molar refractivity (Wildman–Crippen MR) is 80.5 cm³/mol. The molecule has 0 radical (unpaired) electrons. The smallest absolute Gasteiger partial charge is 0.274 e. The first-order valence-electron chi connectivity index (χ1n) is 6.19. The number of carbonyl (C=O) groups is 1. The highest BCUT2D eigenvalue weighted by Gasteiger charge is 2.16. The lowest BCUT2D eigenvalue weighted by molar-refractivity contribution is 0.101. The van der Waals surface area contributed by atoms with Gasteiger partial charge >= 0.3 is 0 Å². The summed E-state index contributed by atoms with van der Waals surface area (Å²) in [4.78, 5) is 12.3. The molecule has 21 heavy (non-hydrogen) atoms. The molecule has 0 aliphatic rings. The van der Waals surface area contributed by atoms with Crippen molar-refractivity contribution >= 4 is 23.2 Å². The summed E-state index contributed by atoms with van der Waals surface area (Å²) >= 11 is 6.03. The van der Waals surface area contributed by atoms with E-state index in [1.165, 1.54) is 18.9 Å². The maximum absolute atomic E-state index is 12.3. The fourth-order valence-corrected chi connectivity index (χ4v) is 2.20. The molecule has 0 bridgehead atoms. The van der Waals surface area contributed by atoms with Crippen molar-refractivity contribution in [3.8, 4) is 11.5 Å². The number of halogens is 1. The van der Waals surface area contributed by atoms with Gasteiger partial charge in [-0.25, -0.2) is 0 Å². The molecule has 0 fully saturated rings. The van der Waals surface area contributed by atoms with E-state index in [4.69, 9.17) is 21.1 Å². The molecule has 6 nitrogen and oxygen atoms in total. The van der Waals surface area contributed by atoms with Crippen LogP contribution in [0.25, 0.3) is 0 Å². The van der Waals surface area contributed by atoms with E-state index in [1.54, 1.807) is 25.2 Å². The Bertz CT molecular complexity index is 682. The topological polar surface area (TPSA) is 65.4 Å². The van der Waals surface area contributed by atoms with E-state index < -0.39 is 0 Å². The van der Waals surface area contributed by atoms with Crippen LogP contribution in [0.2, 0.25) is 5.02 Å². The van der Waals surface area contributed by atoms with Gasteiger partial charge in [0.05, 0.1) is 30.6 Å². The molecule has 112 valence electrons. The van der Waals surface area contributed by atoms with Crippen LogP contribution in [-0.2, 0) is 7.05 Å². The summed E-state index contributed by atoms with van der Waals surface area (Å²) in [6.45, 7) is 1.82. The van der Waals surface area contributed by atoms with Crippen molar-refractivity contribution < 1.29 is 14.3 Å². The first-order valence-corrected chi connectivity index (χ1v) is 6.57. The van der Waals surface area contributed by atoms with Crippen LogP contribution in [0.3, 0.4) is 0 Å². The fraction of sp³-hybridized carbons (Fsp3) is 0.286. The summed E-state index contributed by atoms with van der Waals surface area (Å²) in [6.07, 6.45) is 0. The predicted octanol–water partition coefficient (Wildman–Crippen LogP) is 2.65. The molecular formula is C14H16ClN3O3. The molecular weight excluding hydrogens is 294 g/mol. The summed E-state index contributed by atoms with van der Waals surface area (Å²) in [6, 6.07) is 4.90. The lowest BCUT2D eigenvalue weighted by Crippen LogP contribution is -2.16. The summed E-state index contributed by atoms with van der Waals surface area (Å²) in [5, 5.41) is 7.32. The van der Waals surface area contributed by atoms with Crippen LogP contribution in [0, 0.1) is 6.92 Å². The number of carbonyl (C=O) groups excluding carboxylic acids is 1. The van der Waals surface area contributed by atoms with Gasteiger partial charge in [0.15, 0.2) is 0 Å². The largest absolute Gasteiger partial charge is 0.495 e. The number of amides is 1. The van der Waals surface area contributed by atoms with Crippen LogP contribution in [0.15, 0.2) is 18.2 Å². The maximum atomic E-state index is 12.3. The molecule has 1 aromatic carbocycles. The molecule has 7 heteroatoms. The Morgan fingerprint density at radius 3 is 2.43 bits per heavy atom. The van der Waals surface area contributed by atoms with Crippen LogP contribution in [0.5, 0.6) is 11.5 Å². The molecule has 1 heterocycles. The molecule has 0 unspecified atom stereocenters. The zero-order valence-corrected chi connectivity index (χ0v) is 13.0. The number of methoxy groups -OCH3 is 2. The highest BCUT2D eigenvalue weighted by Crippen LogP contribution is 2.36. The number of benzene rings is 1. The summed E-state index contributed by atoms with van der Waals surface area (Å²) in [5.74, 6) is 0.614. The van der Waals surface area contributed by atoms with Crippen molar-refractivity contribution in [3.63, 3.8) is 0 Å². The quantitative estimate of drug-likeness (QED) is 0.943. The van der Waals surface area contributed by atoms with Crippen LogP contribution in [0.1, 0.15) is 16.2 Å². The third-order valence-electron chi connectivity index (χ3n) is 2.96. The summed E-state index contributed by atoms with van der Waals surface area (Å²) in [5.41, 5.74) is 1.69. The minimum Gasteiger partial charge on any atom is -0.495 e. The fourth-order valence-electron chi connectivity index (χ4n) is 1.97. The van der Waals surface area contributed by atoms with Crippen molar-refractivity contribution in [1.29, 1.82) is 0 Å². The summed E-state index contributed by atoms with van der Waals surface area (Å²) < 4.78 is 11.9. The number of aryl methyl sites for hydroxylation is 2. The zero-order chi connectivity index (χ0) is 15.6. The molecule has 2 aromatic rings. The average molecular weight is 310 g/mol. The number of anilines is 1. The Hall–Kier alpha value is -2.21. The van der Waals surface area contributed by atoms with E-state index in [9.17, 15) is 4.79 Å². The number of nitrogens with zero attached hydrogens (tertiary/aromatic N) is 2. The number of ether oxygens (including phenoxy) is 2. The van der Waals surface area contributed by atoms with Crippen molar-refractivity contribution in [2.45, 2.75) is 6.92 Å². The number of nitrogens with one attached hydrogen (secondary N) is 1. The molecule has 1 amide bonds. The molecule has 2 rings (SSSR count). The Morgan fingerprint density at radius 1 is 1.24 bits per heavy atom. The Labute approximate surface area is 127 Å². The van der Waals surface area contributed by atoms with Gasteiger partial charge in [-0.3, -0.25) is 9.48 Å². The molecule has 0 saturated carbocycles. The van der Waals surface area contributed by atoms with Gasteiger partial charge in [0.1, 0.15) is 17.2 Å². The lowest BCUT2D eigenvalue weighted by Gasteiger charge is -2.13. The van der Waals surface area contributed by atoms with Crippen molar-refractivity contribution in [3.05, 3.63) is 34.6 Å². The highest BCUT2D eigenvalue weighted by molar-refractivity contribution is 6.32. The number of rotatable bonds is 4. The third kappa shape index (κ3) is 3.11. The van der Waals surface area contributed by atoms with Gasteiger partial charge in [0.2, 0.25) is 0 Å².